The Balaban J connectivity index is 2.13. The van der Waals surface area contributed by atoms with Crippen LogP contribution in [0.15, 0.2) is 24.3 Å². The summed E-state index contributed by atoms with van der Waals surface area (Å²) < 4.78 is 2.07. The summed E-state index contributed by atoms with van der Waals surface area (Å²) in [6.45, 7) is 3.16. The standard InChI is InChI=1S/C14H17N3S/c1-10-5-3-4-6-13(10)17-14-11(7-8-15-14)12(16-17)9-18-2/h3-6,15H,7-9H2,1-2H3. The highest BCUT2D eigenvalue weighted by molar-refractivity contribution is 7.97. The Hall–Kier alpha value is -1.42. The van der Waals surface area contributed by atoms with Crippen LogP contribution in [0.5, 0.6) is 0 Å². The van der Waals surface area contributed by atoms with Crippen molar-refractivity contribution in [3.05, 3.63) is 41.1 Å². The third-order valence-electron chi connectivity index (χ3n) is 3.36. The van der Waals surface area contributed by atoms with Crippen LogP contribution >= 0.6 is 11.8 Å². The molecule has 2 heterocycles. The van der Waals surface area contributed by atoms with E-state index in [1.165, 1.54) is 28.3 Å². The van der Waals surface area contributed by atoms with Gasteiger partial charge in [-0.25, -0.2) is 4.68 Å². The van der Waals surface area contributed by atoms with Gasteiger partial charge in [0.2, 0.25) is 0 Å². The fourth-order valence-electron chi connectivity index (χ4n) is 2.47. The maximum absolute atomic E-state index is 4.79. The van der Waals surface area contributed by atoms with Crippen LogP contribution in [0.4, 0.5) is 5.82 Å². The molecule has 0 atom stereocenters. The van der Waals surface area contributed by atoms with Crippen LogP contribution in [0, 0.1) is 6.92 Å². The van der Waals surface area contributed by atoms with Gasteiger partial charge in [-0.1, -0.05) is 18.2 Å². The van der Waals surface area contributed by atoms with Gasteiger partial charge in [0.1, 0.15) is 5.82 Å². The Morgan fingerprint density at radius 3 is 3.00 bits per heavy atom. The second-order valence-electron chi connectivity index (χ2n) is 4.58. The summed E-state index contributed by atoms with van der Waals surface area (Å²) in [5.41, 5.74) is 5.06. The SMILES string of the molecule is CSCc1nn(-c2ccccc2C)c2c1CCN2. The Morgan fingerprint density at radius 2 is 2.22 bits per heavy atom. The summed E-state index contributed by atoms with van der Waals surface area (Å²) in [4.78, 5) is 0. The zero-order chi connectivity index (χ0) is 12.5. The largest absolute Gasteiger partial charge is 0.369 e. The van der Waals surface area contributed by atoms with Crippen LogP contribution in [0.1, 0.15) is 16.8 Å². The first kappa shape index (κ1) is 11.7. The summed E-state index contributed by atoms with van der Waals surface area (Å²) >= 11 is 1.83. The van der Waals surface area contributed by atoms with E-state index in [0.29, 0.717) is 0 Å². The van der Waals surface area contributed by atoms with Crippen molar-refractivity contribution in [1.82, 2.24) is 9.78 Å². The van der Waals surface area contributed by atoms with Gasteiger partial charge in [0.25, 0.3) is 0 Å². The Morgan fingerprint density at radius 1 is 1.39 bits per heavy atom. The predicted molar refractivity (Wildman–Crippen MR) is 77.7 cm³/mol. The quantitative estimate of drug-likeness (QED) is 0.919. The molecule has 0 saturated carbocycles. The van der Waals surface area contributed by atoms with Gasteiger partial charge in [0.05, 0.1) is 11.4 Å². The Bertz CT molecular complexity index is 574. The molecular weight excluding hydrogens is 242 g/mol. The highest BCUT2D eigenvalue weighted by Crippen LogP contribution is 2.31. The zero-order valence-corrected chi connectivity index (χ0v) is 11.5. The van der Waals surface area contributed by atoms with Gasteiger partial charge in [-0.3, -0.25) is 0 Å². The summed E-state index contributed by atoms with van der Waals surface area (Å²) in [5, 5.41) is 8.25. The fourth-order valence-corrected chi connectivity index (χ4v) is 2.98. The predicted octanol–water partition coefficient (Wildman–Crippen LogP) is 3.01. The number of hydrogen-bond donors (Lipinski definition) is 1. The van der Waals surface area contributed by atoms with Gasteiger partial charge in [0.15, 0.2) is 0 Å². The van der Waals surface area contributed by atoms with Crippen molar-refractivity contribution in [1.29, 1.82) is 0 Å². The van der Waals surface area contributed by atoms with Gasteiger partial charge in [-0.2, -0.15) is 16.9 Å². The van der Waals surface area contributed by atoms with E-state index in [2.05, 4.69) is 47.4 Å². The van der Waals surface area contributed by atoms with Crippen molar-refractivity contribution in [2.45, 2.75) is 19.1 Å². The molecule has 3 rings (SSSR count). The summed E-state index contributed by atoms with van der Waals surface area (Å²) in [6.07, 6.45) is 3.22. The van der Waals surface area contributed by atoms with Crippen LogP contribution in [0.25, 0.3) is 5.69 Å². The lowest BCUT2D eigenvalue weighted by Crippen LogP contribution is -2.05. The zero-order valence-electron chi connectivity index (χ0n) is 10.7. The molecule has 0 aliphatic carbocycles. The van der Waals surface area contributed by atoms with Crippen molar-refractivity contribution in [2.75, 3.05) is 18.1 Å². The Kier molecular flexibility index (Phi) is 3.04. The lowest BCUT2D eigenvalue weighted by molar-refractivity contribution is 0.847. The number of para-hydroxylation sites is 1. The van der Waals surface area contributed by atoms with Crippen LogP contribution < -0.4 is 5.32 Å². The smallest absolute Gasteiger partial charge is 0.133 e. The van der Waals surface area contributed by atoms with Gasteiger partial charge >= 0.3 is 0 Å². The minimum Gasteiger partial charge on any atom is -0.369 e. The average molecular weight is 259 g/mol. The first-order chi connectivity index (χ1) is 8.81. The number of benzene rings is 1. The van der Waals surface area contributed by atoms with Crippen LogP contribution in [0.3, 0.4) is 0 Å². The van der Waals surface area contributed by atoms with Gasteiger partial charge < -0.3 is 5.32 Å². The summed E-state index contributed by atoms with van der Waals surface area (Å²) in [6, 6.07) is 8.40. The maximum atomic E-state index is 4.79. The number of fused-ring (bicyclic) bond motifs is 1. The molecule has 4 heteroatoms. The van der Waals surface area contributed by atoms with Crippen LogP contribution in [-0.4, -0.2) is 22.6 Å². The van der Waals surface area contributed by atoms with Gasteiger partial charge in [-0.15, -0.1) is 0 Å². The van der Waals surface area contributed by atoms with Crippen LogP contribution in [-0.2, 0) is 12.2 Å². The van der Waals surface area contributed by atoms with E-state index in [1.54, 1.807) is 0 Å². The molecule has 0 bridgehead atoms. The Labute approximate surface area is 112 Å². The lowest BCUT2D eigenvalue weighted by Gasteiger charge is -2.09. The number of nitrogens with one attached hydrogen (secondary N) is 1. The maximum Gasteiger partial charge on any atom is 0.133 e. The highest BCUT2D eigenvalue weighted by atomic mass is 32.2. The van der Waals surface area contributed by atoms with E-state index < -0.39 is 0 Å². The fraction of sp³-hybridized carbons (Fsp3) is 0.357. The molecule has 94 valence electrons. The minimum atomic E-state index is 0.989. The number of aromatic nitrogens is 2. The van der Waals surface area contributed by atoms with E-state index in [1.807, 2.05) is 11.8 Å². The molecule has 0 amide bonds. The molecule has 0 unspecified atom stereocenters. The molecular formula is C14H17N3S. The molecule has 1 N–H and O–H groups in total. The second kappa shape index (κ2) is 4.69. The van der Waals surface area contributed by atoms with Crippen molar-refractivity contribution >= 4 is 17.6 Å². The first-order valence-electron chi connectivity index (χ1n) is 6.21. The minimum absolute atomic E-state index is 0.989. The molecule has 2 aromatic rings. The third-order valence-corrected chi connectivity index (χ3v) is 3.92. The number of aryl methyl sites for hydroxylation is 1. The van der Waals surface area contributed by atoms with Crippen LogP contribution in [0.2, 0.25) is 0 Å². The number of anilines is 1. The van der Waals surface area contributed by atoms with Crippen molar-refractivity contribution in [3.63, 3.8) is 0 Å². The number of hydrogen-bond acceptors (Lipinski definition) is 3. The third kappa shape index (κ3) is 1.81. The number of rotatable bonds is 3. The average Bonchev–Trinajstić information content (AvgIpc) is 2.94. The molecule has 0 saturated heterocycles. The number of thioether (sulfide) groups is 1. The first-order valence-corrected chi connectivity index (χ1v) is 7.60. The van der Waals surface area contributed by atoms with Crippen molar-refractivity contribution in [2.24, 2.45) is 0 Å². The molecule has 1 aromatic carbocycles. The molecule has 0 spiro atoms. The molecule has 1 aliphatic rings. The molecule has 1 aliphatic heterocycles. The molecule has 0 fully saturated rings. The van der Waals surface area contributed by atoms with Gasteiger partial charge in [-0.05, 0) is 31.2 Å². The molecule has 0 radical (unpaired) electrons. The van der Waals surface area contributed by atoms with Crippen molar-refractivity contribution in [3.8, 4) is 5.69 Å². The summed E-state index contributed by atoms with van der Waals surface area (Å²) in [7, 11) is 0. The molecule has 3 nitrogen and oxygen atoms in total. The van der Waals surface area contributed by atoms with Crippen molar-refractivity contribution < 1.29 is 0 Å². The molecule has 1 aromatic heterocycles. The normalized spacial score (nSPS) is 13.4. The van der Waals surface area contributed by atoms with E-state index in [9.17, 15) is 0 Å². The molecule has 18 heavy (non-hydrogen) atoms. The highest BCUT2D eigenvalue weighted by Gasteiger charge is 2.22. The van der Waals surface area contributed by atoms with Gasteiger partial charge in [0, 0.05) is 17.9 Å². The summed E-state index contributed by atoms with van der Waals surface area (Å²) in [5.74, 6) is 2.18. The topological polar surface area (TPSA) is 29.9 Å². The van der Waals surface area contributed by atoms with E-state index in [0.717, 1.165) is 18.7 Å². The van der Waals surface area contributed by atoms with E-state index in [-0.39, 0.29) is 0 Å². The lowest BCUT2D eigenvalue weighted by atomic mass is 10.2. The monoisotopic (exact) mass is 259 g/mol. The second-order valence-corrected chi connectivity index (χ2v) is 5.45. The van der Waals surface area contributed by atoms with E-state index in [4.69, 9.17) is 5.10 Å². The van der Waals surface area contributed by atoms with E-state index >= 15 is 0 Å². The number of nitrogens with zero attached hydrogens (tertiary/aromatic N) is 2.